The van der Waals surface area contributed by atoms with Crippen molar-refractivity contribution < 1.29 is 9.53 Å². The predicted molar refractivity (Wildman–Crippen MR) is 129 cm³/mol. The predicted octanol–water partition coefficient (Wildman–Crippen LogP) is 5.20. The van der Waals surface area contributed by atoms with Crippen LogP contribution in [-0.2, 0) is 4.79 Å². The number of thioether (sulfide) groups is 1. The minimum Gasteiger partial charge on any atom is -0.497 e. The van der Waals surface area contributed by atoms with Crippen molar-refractivity contribution in [1.29, 1.82) is 5.26 Å². The van der Waals surface area contributed by atoms with E-state index in [1.54, 1.807) is 25.3 Å². The number of rotatable bonds is 7. The molecule has 0 atom stereocenters. The second-order valence-corrected chi connectivity index (χ2v) is 8.20. The SMILES string of the molecule is COc1ccc(-n2c(SCC(=O)Nc3ccc(C#N)c(Cl)c3)nnc2-c2ccccc2)cc1. The molecule has 0 aliphatic carbocycles. The summed E-state index contributed by atoms with van der Waals surface area (Å²) in [4.78, 5) is 12.5. The molecule has 0 aliphatic heterocycles. The molecule has 1 N–H and O–H groups in total. The van der Waals surface area contributed by atoms with E-state index in [4.69, 9.17) is 21.6 Å². The van der Waals surface area contributed by atoms with Gasteiger partial charge in [-0.1, -0.05) is 53.7 Å². The Morgan fingerprint density at radius 1 is 1.12 bits per heavy atom. The lowest BCUT2D eigenvalue weighted by atomic mass is 10.2. The van der Waals surface area contributed by atoms with E-state index in [2.05, 4.69) is 15.5 Å². The quantitative estimate of drug-likeness (QED) is 0.369. The second-order valence-electron chi connectivity index (χ2n) is 6.85. The maximum absolute atomic E-state index is 12.5. The molecule has 0 radical (unpaired) electrons. The smallest absolute Gasteiger partial charge is 0.234 e. The normalized spacial score (nSPS) is 10.5. The van der Waals surface area contributed by atoms with Crippen LogP contribution in [0.4, 0.5) is 5.69 Å². The van der Waals surface area contributed by atoms with Gasteiger partial charge in [0.2, 0.25) is 5.91 Å². The maximum Gasteiger partial charge on any atom is 0.234 e. The summed E-state index contributed by atoms with van der Waals surface area (Å²) < 4.78 is 7.17. The van der Waals surface area contributed by atoms with Crippen LogP contribution in [-0.4, -0.2) is 33.5 Å². The molecule has 3 aromatic carbocycles. The number of carbonyl (C=O) groups excluding carboxylic acids is 1. The molecule has 33 heavy (non-hydrogen) atoms. The minimum absolute atomic E-state index is 0.112. The Morgan fingerprint density at radius 2 is 1.88 bits per heavy atom. The fourth-order valence-electron chi connectivity index (χ4n) is 3.11. The topological polar surface area (TPSA) is 92.8 Å². The molecule has 4 aromatic rings. The lowest BCUT2D eigenvalue weighted by Crippen LogP contribution is -2.14. The van der Waals surface area contributed by atoms with Gasteiger partial charge in [0.25, 0.3) is 0 Å². The number of amides is 1. The molecule has 0 fully saturated rings. The highest BCUT2D eigenvalue weighted by Crippen LogP contribution is 2.29. The Bertz CT molecular complexity index is 1320. The van der Waals surface area contributed by atoms with Crippen molar-refractivity contribution in [3.63, 3.8) is 0 Å². The van der Waals surface area contributed by atoms with Gasteiger partial charge in [0.05, 0.1) is 23.4 Å². The van der Waals surface area contributed by atoms with Gasteiger partial charge in [-0.15, -0.1) is 10.2 Å². The van der Waals surface area contributed by atoms with Gasteiger partial charge in [0.15, 0.2) is 11.0 Å². The summed E-state index contributed by atoms with van der Waals surface area (Å²) in [7, 11) is 1.62. The van der Waals surface area contributed by atoms with Crippen LogP contribution in [0.15, 0.2) is 78.0 Å². The highest BCUT2D eigenvalue weighted by Gasteiger charge is 2.17. The zero-order chi connectivity index (χ0) is 23.2. The average Bonchev–Trinajstić information content (AvgIpc) is 3.27. The highest BCUT2D eigenvalue weighted by atomic mass is 35.5. The van der Waals surface area contributed by atoms with Crippen molar-refractivity contribution in [3.8, 4) is 28.9 Å². The third-order valence-corrected chi connectivity index (χ3v) is 5.94. The first-order valence-corrected chi connectivity index (χ1v) is 11.2. The molecular formula is C24H18ClN5O2S. The number of ether oxygens (including phenoxy) is 1. The zero-order valence-electron chi connectivity index (χ0n) is 17.5. The van der Waals surface area contributed by atoms with Crippen molar-refractivity contribution in [1.82, 2.24) is 14.8 Å². The fraction of sp³-hybridized carbons (Fsp3) is 0.0833. The van der Waals surface area contributed by atoms with Crippen LogP contribution in [0.25, 0.3) is 17.1 Å². The van der Waals surface area contributed by atoms with Crippen LogP contribution in [0.5, 0.6) is 5.75 Å². The lowest BCUT2D eigenvalue weighted by Gasteiger charge is -2.11. The third-order valence-electron chi connectivity index (χ3n) is 4.70. The molecule has 164 valence electrons. The Balaban J connectivity index is 1.57. The number of nitrogens with one attached hydrogen (secondary N) is 1. The van der Waals surface area contributed by atoms with E-state index in [1.807, 2.05) is 65.2 Å². The highest BCUT2D eigenvalue weighted by molar-refractivity contribution is 7.99. The number of anilines is 1. The van der Waals surface area contributed by atoms with E-state index in [0.717, 1.165) is 17.0 Å². The molecule has 0 saturated heterocycles. The molecule has 0 saturated carbocycles. The van der Waals surface area contributed by atoms with Crippen molar-refractivity contribution in [3.05, 3.63) is 83.4 Å². The summed E-state index contributed by atoms with van der Waals surface area (Å²) in [6.45, 7) is 0. The standard InChI is InChI=1S/C24H18ClN5O2S/c1-32-20-11-9-19(10-12-20)30-23(16-5-3-2-4-6-16)28-29-24(30)33-15-22(31)27-18-8-7-17(14-26)21(25)13-18/h2-13H,15H2,1H3,(H,27,31). The minimum atomic E-state index is -0.230. The Hall–Kier alpha value is -3.80. The van der Waals surface area contributed by atoms with Crippen LogP contribution in [0.3, 0.4) is 0 Å². The summed E-state index contributed by atoms with van der Waals surface area (Å²) in [6.07, 6.45) is 0. The third kappa shape index (κ3) is 5.17. The van der Waals surface area contributed by atoms with Gasteiger partial charge in [-0.3, -0.25) is 9.36 Å². The summed E-state index contributed by atoms with van der Waals surface area (Å²) >= 11 is 7.31. The largest absolute Gasteiger partial charge is 0.497 e. The molecule has 7 nitrogen and oxygen atoms in total. The van der Waals surface area contributed by atoms with Crippen LogP contribution >= 0.6 is 23.4 Å². The first kappa shape index (κ1) is 22.4. The molecule has 0 spiro atoms. The van der Waals surface area contributed by atoms with Gasteiger partial charge in [-0.2, -0.15) is 5.26 Å². The Labute approximate surface area is 200 Å². The second kappa shape index (κ2) is 10.2. The number of halogens is 1. The van der Waals surface area contributed by atoms with Crippen molar-refractivity contribution in [2.45, 2.75) is 5.16 Å². The number of nitriles is 1. The zero-order valence-corrected chi connectivity index (χ0v) is 19.1. The lowest BCUT2D eigenvalue weighted by molar-refractivity contribution is -0.113. The first-order valence-electron chi connectivity index (χ1n) is 9.86. The van der Waals surface area contributed by atoms with Gasteiger partial charge in [-0.25, -0.2) is 0 Å². The van der Waals surface area contributed by atoms with Crippen LogP contribution in [0, 0.1) is 11.3 Å². The maximum atomic E-state index is 12.5. The molecule has 1 heterocycles. The molecule has 0 bridgehead atoms. The first-order chi connectivity index (χ1) is 16.1. The molecule has 9 heteroatoms. The van der Waals surface area contributed by atoms with Crippen LogP contribution in [0.2, 0.25) is 5.02 Å². The molecular weight excluding hydrogens is 458 g/mol. The van der Waals surface area contributed by atoms with Gasteiger partial charge in [0.1, 0.15) is 11.8 Å². The van der Waals surface area contributed by atoms with E-state index in [-0.39, 0.29) is 16.7 Å². The number of methoxy groups -OCH3 is 1. The van der Waals surface area contributed by atoms with Gasteiger partial charge in [-0.05, 0) is 42.5 Å². The van der Waals surface area contributed by atoms with E-state index < -0.39 is 0 Å². The molecule has 1 amide bonds. The van der Waals surface area contributed by atoms with Crippen molar-refractivity contribution in [2.24, 2.45) is 0 Å². The number of hydrogen-bond donors (Lipinski definition) is 1. The summed E-state index contributed by atoms with van der Waals surface area (Å²) in [5.41, 5.74) is 2.63. The van der Waals surface area contributed by atoms with Crippen LogP contribution in [0.1, 0.15) is 5.56 Å². The Kier molecular flexibility index (Phi) is 6.93. The summed E-state index contributed by atoms with van der Waals surface area (Å²) in [5, 5.41) is 21.4. The number of nitrogens with zero attached hydrogens (tertiary/aromatic N) is 4. The van der Waals surface area contributed by atoms with E-state index in [0.29, 0.717) is 22.2 Å². The van der Waals surface area contributed by atoms with Gasteiger partial charge < -0.3 is 10.1 Å². The molecule has 0 aliphatic rings. The molecule has 4 rings (SSSR count). The van der Waals surface area contributed by atoms with Crippen LogP contribution < -0.4 is 10.1 Å². The van der Waals surface area contributed by atoms with E-state index in [1.165, 1.54) is 11.8 Å². The van der Waals surface area contributed by atoms with Gasteiger partial charge in [0, 0.05) is 16.9 Å². The molecule has 0 unspecified atom stereocenters. The van der Waals surface area contributed by atoms with E-state index in [9.17, 15) is 4.79 Å². The van der Waals surface area contributed by atoms with Crippen molar-refractivity contribution in [2.75, 3.05) is 18.2 Å². The van der Waals surface area contributed by atoms with E-state index >= 15 is 0 Å². The van der Waals surface area contributed by atoms with Crippen molar-refractivity contribution >= 4 is 35.0 Å². The summed E-state index contributed by atoms with van der Waals surface area (Å²) in [6, 6.07) is 24.0. The fourth-order valence-corrected chi connectivity index (χ4v) is 4.09. The number of aromatic nitrogens is 3. The Morgan fingerprint density at radius 3 is 2.55 bits per heavy atom. The number of hydrogen-bond acceptors (Lipinski definition) is 6. The average molecular weight is 476 g/mol. The monoisotopic (exact) mass is 475 g/mol. The number of benzene rings is 3. The number of carbonyl (C=O) groups is 1. The van der Waals surface area contributed by atoms with Gasteiger partial charge >= 0.3 is 0 Å². The molecule has 1 aromatic heterocycles. The summed E-state index contributed by atoms with van der Waals surface area (Å²) in [5.74, 6) is 1.29.